The fraction of sp³-hybridized carbons (Fsp3) is 0.300. The molecule has 0 saturated carbocycles. The van der Waals surface area contributed by atoms with Crippen LogP contribution in [0.1, 0.15) is 0 Å². The van der Waals surface area contributed by atoms with Gasteiger partial charge in [-0.3, -0.25) is 4.90 Å². The highest BCUT2D eigenvalue weighted by molar-refractivity contribution is 5.86. The van der Waals surface area contributed by atoms with Gasteiger partial charge in [0, 0.05) is 12.7 Å². The van der Waals surface area contributed by atoms with E-state index in [-0.39, 0.29) is 5.69 Å². The smallest absolute Gasteiger partial charge is 0.422 e. The number of hydrogen-bond donors (Lipinski definition) is 0. The molecule has 0 spiro atoms. The Morgan fingerprint density at radius 3 is 2.29 bits per heavy atom. The van der Waals surface area contributed by atoms with E-state index in [1.165, 1.54) is 19.2 Å². The highest BCUT2D eigenvalue weighted by Gasteiger charge is 2.30. The van der Waals surface area contributed by atoms with Crippen LogP contribution in [0, 0.1) is 5.82 Å². The lowest BCUT2D eigenvalue weighted by Gasteiger charge is -2.17. The fourth-order valence-corrected chi connectivity index (χ4v) is 1.01. The van der Waals surface area contributed by atoms with Crippen molar-refractivity contribution in [3.05, 3.63) is 30.1 Å². The number of halogens is 4. The molecule has 0 heterocycles. The second-order valence-electron chi connectivity index (χ2n) is 3.21. The number of carbonyl (C=O) groups is 1. The summed E-state index contributed by atoms with van der Waals surface area (Å²) in [6.45, 7) is -1.66. The van der Waals surface area contributed by atoms with E-state index < -0.39 is 24.7 Å². The average Bonchev–Trinajstić information content (AvgIpc) is 2.25. The molecule has 94 valence electrons. The third kappa shape index (κ3) is 4.29. The van der Waals surface area contributed by atoms with Crippen LogP contribution in [-0.4, -0.2) is 25.9 Å². The van der Waals surface area contributed by atoms with Crippen LogP contribution in [0.4, 0.5) is 28.0 Å². The molecule has 0 saturated heterocycles. The Labute approximate surface area is 94.6 Å². The number of ether oxygens (including phenoxy) is 1. The van der Waals surface area contributed by atoms with Gasteiger partial charge in [0.25, 0.3) is 0 Å². The van der Waals surface area contributed by atoms with E-state index in [1.807, 2.05) is 0 Å². The largest absolute Gasteiger partial charge is 0.440 e. The molecule has 3 nitrogen and oxygen atoms in total. The molecule has 0 atom stereocenters. The molecule has 0 N–H and O–H groups in total. The lowest BCUT2D eigenvalue weighted by molar-refractivity contribution is -0.159. The number of alkyl halides is 3. The van der Waals surface area contributed by atoms with Crippen LogP contribution >= 0.6 is 0 Å². The monoisotopic (exact) mass is 251 g/mol. The van der Waals surface area contributed by atoms with Crippen molar-refractivity contribution in [2.45, 2.75) is 6.18 Å². The summed E-state index contributed by atoms with van der Waals surface area (Å²) in [5.74, 6) is -0.509. The molecule has 0 aliphatic rings. The summed E-state index contributed by atoms with van der Waals surface area (Å²) in [7, 11) is 1.23. The van der Waals surface area contributed by atoms with Crippen LogP contribution in [0.25, 0.3) is 0 Å². The van der Waals surface area contributed by atoms with Gasteiger partial charge in [-0.15, -0.1) is 0 Å². The van der Waals surface area contributed by atoms with Crippen molar-refractivity contribution in [3.63, 3.8) is 0 Å². The van der Waals surface area contributed by atoms with Crippen molar-refractivity contribution in [3.8, 4) is 0 Å². The third-order valence-corrected chi connectivity index (χ3v) is 1.85. The molecular formula is C10H9F4NO2. The topological polar surface area (TPSA) is 29.5 Å². The first kappa shape index (κ1) is 13.3. The molecule has 1 amide bonds. The van der Waals surface area contributed by atoms with Gasteiger partial charge in [-0.1, -0.05) is 0 Å². The minimum Gasteiger partial charge on any atom is -0.440 e. The first-order valence-electron chi connectivity index (χ1n) is 4.52. The summed E-state index contributed by atoms with van der Waals surface area (Å²) in [4.78, 5) is 12.0. The van der Waals surface area contributed by atoms with Crippen molar-refractivity contribution in [2.75, 3.05) is 18.6 Å². The van der Waals surface area contributed by atoms with E-state index in [1.54, 1.807) is 0 Å². The first-order chi connectivity index (χ1) is 7.79. The lowest BCUT2D eigenvalue weighted by atomic mass is 10.3. The van der Waals surface area contributed by atoms with Gasteiger partial charge >= 0.3 is 12.3 Å². The van der Waals surface area contributed by atoms with Gasteiger partial charge in [-0.25, -0.2) is 9.18 Å². The zero-order valence-corrected chi connectivity index (χ0v) is 8.79. The molecular weight excluding hydrogens is 242 g/mol. The molecule has 0 bridgehead atoms. The van der Waals surface area contributed by atoms with Crippen LogP contribution in [0.15, 0.2) is 24.3 Å². The maximum absolute atomic E-state index is 12.6. The molecule has 0 aromatic heterocycles. The Hall–Kier alpha value is -1.79. The minimum absolute atomic E-state index is 0.235. The molecule has 0 aliphatic heterocycles. The van der Waals surface area contributed by atoms with Crippen molar-refractivity contribution >= 4 is 11.8 Å². The molecule has 1 rings (SSSR count). The minimum atomic E-state index is -4.57. The van der Waals surface area contributed by atoms with Crippen molar-refractivity contribution in [2.24, 2.45) is 0 Å². The van der Waals surface area contributed by atoms with Crippen LogP contribution < -0.4 is 4.90 Å². The Bertz CT molecular complexity index is 388. The highest BCUT2D eigenvalue weighted by atomic mass is 19.4. The van der Waals surface area contributed by atoms with Crippen LogP contribution in [-0.2, 0) is 4.74 Å². The van der Waals surface area contributed by atoms with Gasteiger partial charge < -0.3 is 4.74 Å². The molecule has 7 heteroatoms. The summed E-state index contributed by atoms with van der Waals surface area (Å²) in [6, 6.07) is 4.68. The van der Waals surface area contributed by atoms with Crippen molar-refractivity contribution in [1.82, 2.24) is 0 Å². The van der Waals surface area contributed by atoms with Gasteiger partial charge in [-0.2, -0.15) is 13.2 Å². The third-order valence-electron chi connectivity index (χ3n) is 1.85. The summed E-state index contributed by atoms with van der Waals surface area (Å²) in [6.07, 6.45) is -5.73. The SMILES string of the molecule is CN(C(=O)OCC(F)(F)F)c1ccc(F)cc1. The lowest BCUT2D eigenvalue weighted by Crippen LogP contribution is -2.30. The first-order valence-corrected chi connectivity index (χ1v) is 4.52. The molecule has 1 aromatic rings. The number of rotatable bonds is 2. The quantitative estimate of drug-likeness (QED) is 0.756. The predicted molar refractivity (Wildman–Crippen MR) is 52.2 cm³/mol. The summed E-state index contributed by atoms with van der Waals surface area (Å²) >= 11 is 0. The van der Waals surface area contributed by atoms with E-state index in [0.717, 1.165) is 17.0 Å². The molecule has 0 radical (unpaired) electrons. The number of anilines is 1. The molecule has 1 aromatic carbocycles. The molecule has 0 fully saturated rings. The average molecular weight is 251 g/mol. The molecule has 0 aliphatic carbocycles. The van der Waals surface area contributed by atoms with Gasteiger partial charge in [0.15, 0.2) is 6.61 Å². The van der Waals surface area contributed by atoms with Gasteiger partial charge in [0.05, 0.1) is 0 Å². The van der Waals surface area contributed by atoms with Crippen molar-refractivity contribution < 1.29 is 27.1 Å². The van der Waals surface area contributed by atoms with Crippen LogP contribution in [0.5, 0.6) is 0 Å². The van der Waals surface area contributed by atoms with Crippen LogP contribution in [0.2, 0.25) is 0 Å². The molecule has 0 unspecified atom stereocenters. The fourth-order valence-electron chi connectivity index (χ4n) is 1.01. The van der Waals surface area contributed by atoms with Crippen molar-refractivity contribution in [1.29, 1.82) is 0 Å². The number of nitrogens with zero attached hydrogens (tertiary/aromatic N) is 1. The van der Waals surface area contributed by atoms with E-state index in [2.05, 4.69) is 4.74 Å². The van der Waals surface area contributed by atoms with Gasteiger partial charge in [0.1, 0.15) is 5.82 Å². The van der Waals surface area contributed by atoms with E-state index in [9.17, 15) is 22.4 Å². The van der Waals surface area contributed by atoms with Gasteiger partial charge in [-0.05, 0) is 24.3 Å². The summed E-state index contributed by atoms with van der Waals surface area (Å²) in [5.41, 5.74) is 0.235. The Morgan fingerprint density at radius 2 is 1.82 bits per heavy atom. The zero-order valence-electron chi connectivity index (χ0n) is 8.79. The second-order valence-corrected chi connectivity index (χ2v) is 3.21. The Balaban J connectivity index is 2.61. The Kier molecular flexibility index (Phi) is 3.93. The number of benzene rings is 1. The second kappa shape index (κ2) is 5.03. The maximum Gasteiger partial charge on any atom is 0.422 e. The van der Waals surface area contributed by atoms with E-state index >= 15 is 0 Å². The number of amides is 1. The van der Waals surface area contributed by atoms with E-state index in [4.69, 9.17) is 0 Å². The predicted octanol–water partition coefficient (Wildman–Crippen LogP) is 2.96. The standard InChI is InChI=1S/C10H9F4NO2/c1-15(8-4-2-7(11)3-5-8)9(16)17-6-10(12,13)14/h2-5H,6H2,1H3. The number of carbonyl (C=O) groups excluding carboxylic acids is 1. The Morgan fingerprint density at radius 1 is 1.29 bits per heavy atom. The van der Waals surface area contributed by atoms with Gasteiger partial charge in [0.2, 0.25) is 0 Å². The van der Waals surface area contributed by atoms with Crippen LogP contribution in [0.3, 0.4) is 0 Å². The zero-order chi connectivity index (χ0) is 13.1. The molecule has 17 heavy (non-hydrogen) atoms. The number of hydrogen-bond acceptors (Lipinski definition) is 2. The summed E-state index contributed by atoms with van der Waals surface area (Å²) < 4.78 is 52.0. The summed E-state index contributed by atoms with van der Waals surface area (Å²) in [5, 5.41) is 0. The van der Waals surface area contributed by atoms with E-state index in [0.29, 0.717) is 0 Å². The maximum atomic E-state index is 12.6. The highest BCUT2D eigenvalue weighted by Crippen LogP contribution is 2.17. The normalized spacial score (nSPS) is 11.1.